The number of aliphatic hydroxyl groups is 1. The van der Waals surface area contributed by atoms with Crippen LogP contribution >= 0.6 is 45.2 Å². The second-order valence-corrected chi connectivity index (χ2v) is 5.91. The van der Waals surface area contributed by atoms with Crippen molar-refractivity contribution >= 4 is 45.2 Å². The van der Waals surface area contributed by atoms with E-state index in [0.29, 0.717) is 10.3 Å². The fourth-order valence-electron chi connectivity index (χ4n) is 1.39. The lowest BCUT2D eigenvalue weighted by Crippen LogP contribution is -2.51. The third-order valence-electron chi connectivity index (χ3n) is 2.33. The van der Waals surface area contributed by atoms with Crippen molar-refractivity contribution < 1.29 is 14.6 Å². The summed E-state index contributed by atoms with van der Waals surface area (Å²) >= 11 is 4.57. The van der Waals surface area contributed by atoms with Crippen LogP contribution in [0.4, 0.5) is 0 Å². The molecule has 5 atom stereocenters. The van der Waals surface area contributed by atoms with Crippen molar-refractivity contribution in [3.05, 3.63) is 0 Å². The second-order valence-electron chi connectivity index (χ2n) is 3.13. The van der Waals surface area contributed by atoms with Crippen LogP contribution in [-0.2, 0) is 9.47 Å². The van der Waals surface area contributed by atoms with Gasteiger partial charge in [0.15, 0.2) is 12.1 Å². The number of halogens is 2. The Bertz CT molecular complexity index is 201. The highest BCUT2D eigenvalue weighted by Crippen LogP contribution is 2.47. The number of hydrogen-bond acceptors (Lipinski definition) is 3. The Morgan fingerprint density at radius 1 is 1.50 bits per heavy atom. The van der Waals surface area contributed by atoms with E-state index in [2.05, 4.69) is 45.2 Å². The van der Waals surface area contributed by atoms with Crippen molar-refractivity contribution in [1.29, 1.82) is 0 Å². The third kappa shape index (κ3) is 1.41. The van der Waals surface area contributed by atoms with Gasteiger partial charge in [0.2, 0.25) is 0 Å². The molecule has 2 rings (SSSR count). The van der Waals surface area contributed by atoms with E-state index >= 15 is 0 Å². The van der Waals surface area contributed by atoms with Gasteiger partial charge in [0.05, 0.1) is 7.85 Å². The predicted molar refractivity (Wildman–Crippen MR) is 60.6 cm³/mol. The van der Waals surface area contributed by atoms with Crippen LogP contribution in [0, 0.1) is 0 Å². The molecular formula is C7H10I2O3. The Kier molecular flexibility index (Phi) is 2.62. The second kappa shape index (κ2) is 3.18. The average molecular weight is 396 g/mol. The first-order valence-corrected chi connectivity index (χ1v) is 6.41. The maximum Gasteiger partial charge on any atom is 0.188 e. The first-order valence-electron chi connectivity index (χ1n) is 3.92. The van der Waals surface area contributed by atoms with E-state index in [1.807, 2.05) is 6.92 Å². The van der Waals surface area contributed by atoms with E-state index in [1.165, 1.54) is 0 Å². The molecule has 12 heavy (non-hydrogen) atoms. The number of hydrogen-bond donors (Lipinski definition) is 1. The van der Waals surface area contributed by atoms with Crippen LogP contribution in [-0.4, -0.2) is 31.1 Å². The molecule has 3 nitrogen and oxygen atoms in total. The van der Waals surface area contributed by atoms with Crippen molar-refractivity contribution in [1.82, 2.24) is 0 Å². The maximum absolute atomic E-state index is 10.0. The van der Waals surface area contributed by atoms with Gasteiger partial charge in [-0.2, -0.15) is 0 Å². The smallest absolute Gasteiger partial charge is 0.188 e. The van der Waals surface area contributed by atoms with Gasteiger partial charge in [-0.15, -0.1) is 0 Å². The van der Waals surface area contributed by atoms with Crippen molar-refractivity contribution in [3.63, 3.8) is 0 Å². The van der Waals surface area contributed by atoms with Gasteiger partial charge < -0.3 is 14.6 Å². The highest BCUT2D eigenvalue weighted by molar-refractivity contribution is 14.1. The van der Waals surface area contributed by atoms with Crippen molar-refractivity contribution in [3.8, 4) is 0 Å². The minimum atomic E-state index is -0.982. The zero-order valence-corrected chi connectivity index (χ0v) is 10.9. The molecule has 2 saturated heterocycles. The fourth-order valence-corrected chi connectivity index (χ4v) is 3.46. The number of alkyl halides is 2. The molecule has 0 radical (unpaired) electrons. The van der Waals surface area contributed by atoms with Crippen LogP contribution in [0.25, 0.3) is 0 Å². The van der Waals surface area contributed by atoms with Gasteiger partial charge >= 0.3 is 0 Å². The molecule has 1 N–H and O–H groups in total. The molecule has 2 aliphatic rings. The zero-order valence-electron chi connectivity index (χ0n) is 6.54. The minimum Gasteiger partial charge on any atom is -0.364 e. The van der Waals surface area contributed by atoms with E-state index in [1.54, 1.807) is 0 Å². The van der Waals surface area contributed by atoms with Gasteiger partial charge in [0.25, 0.3) is 0 Å². The fraction of sp³-hybridized carbons (Fsp3) is 1.00. The molecule has 2 fully saturated rings. The Hall–Kier alpha value is 1.34. The van der Waals surface area contributed by atoms with Crippen molar-refractivity contribution in [2.24, 2.45) is 0 Å². The number of fused-ring (bicyclic) bond motifs is 1. The predicted octanol–water partition coefficient (Wildman–Crippen LogP) is 1.45. The highest BCUT2D eigenvalue weighted by atomic mass is 127. The summed E-state index contributed by atoms with van der Waals surface area (Å²) in [5.74, 6) is -0.982. The van der Waals surface area contributed by atoms with Gasteiger partial charge in [-0.25, -0.2) is 0 Å². The molecule has 0 saturated carbocycles. The Labute approximate surface area is 98.5 Å². The van der Waals surface area contributed by atoms with Crippen molar-refractivity contribution in [2.45, 2.75) is 39.4 Å². The van der Waals surface area contributed by atoms with Gasteiger partial charge in [0, 0.05) is 0 Å². The molecule has 0 aromatic heterocycles. The Morgan fingerprint density at radius 2 is 2.17 bits per heavy atom. The maximum atomic E-state index is 10.0. The Balaban J connectivity index is 2.15. The molecule has 2 heterocycles. The first-order chi connectivity index (χ1) is 5.58. The molecular weight excluding hydrogens is 386 g/mol. The van der Waals surface area contributed by atoms with E-state index in [0.717, 1.165) is 0 Å². The van der Waals surface area contributed by atoms with E-state index < -0.39 is 5.79 Å². The molecule has 5 heteroatoms. The van der Waals surface area contributed by atoms with Gasteiger partial charge in [0.1, 0.15) is 6.10 Å². The number of ether oxygens (including phenoxy) is 2. The highest BCUT2D eigenvalue weighted by Gasteiger charge is 2.60. The molecule has 0 aromatic rings. The molecule has 0 aliphatic carbocycles. The molecule has 0 spiro atoms. The van der Waals surface area contributed by atoms with Crippen LogP contribution in [0.15, 0.2) is 0 Å². The van der Waals surface area contributed by atoms with Crippen LogP contribution in [0.5, 0.6) is 0 Å². The Morgan fingerprint density at radius 3 is 2.75 bits per heavy atom. The van der Waals surface area contributed by atoms with Crippen molar-refractivity contribution in [2.75, 3.05) is 0 Å². The molecule has 2 aliphatic heterocycles. The lowest BCUT2D eigenvalue weighted by Gasteiger charge is -2.36. The van der Waals surface area contributed by atoms with E-state index in [4.69, 9.17) is 9.47 Å². The molecule has 0 aromatic carbocycles. The SMILES string of the molecule is CCC1(O)OC2OC2C(I)C1I. The summed E-state index contributed by atoms with van der Waals surface area (Å²) in [6, 6.07) is 0. The molecule has 0 amide bonds. The summed E-state index contributed by atoms with van der Waals surface area (Å²) in [6.07, 6.45) is 0.675. The molecule has 70 valence electrons. The van der Waals surface area contributed by atoms with Gasteiger partial charge in [-0.05, 0) is 6.42 Å². The van der Waals surface area contributed by atoms with Crippen LogP contribution in [0.3, 0.4) is 0 Å². The van der Waals surface area contributed by atoms with Crippen LogP contribution in [0.1, 0.15) is 13.3 Å². The standard InChI is InChI=1S/C7H10I2O3/c1-2-7(10)5(9)3(8)4-6(11-4)12-7/h3-6,10H,2H2,1H3. The quantitative estimate of drug-likeness (QED) is 0.415. The zero-order chi connectivity index (χ0) is 8.93. The number of epoxide rings is 1. The lowest BCUT2D eigenvalue weighted by molar-refractivity contribution is -0.230. The van der Waals surface area contributed by atoms with Crippen LogP contribution in [0.2, 0.25) is 0 Å². The summed E-state index contributed by atoms with van der Waals surface area (Å²) in [5.41, 5.74) is 0. The van der Waals surface area contributed by atoms with Gasteiger partial charge in [-0.1, -0.05) is 52.1 Å². The summed E-state index contributed by atoms with van der Waals surface area (Å²) in [7, 11) is 0. The average Bonchev–Trinajstić information content (AvgIpc) is 2.79. The molecule has 5 unspecified atom stereocenters. The molecule has 0 bridgehead atoms. The summed E-state index contributed by atoms with van der Waals surface area (Å²) in [6.45, 7) is 1.93. The summed E-state index contributed by atoms with van der Waals surface area (Å²) in [5, 5.41) is 10.0. The first kappa shape index (κ1) is 9.88. The number of rotatable bonds is 1. The van der Waals surface area contributed by atoms with Crippen LogP contribution < -0.4 is 0 Å². The summed E-state index contributed by atoms with van der Waals surface area (Å²) < 4.78 is 11.1. The minimum absolute atomic E-state index is 0.115. The third-order valence-corrected chi connectivity index (χ3v) is 6.89. The topological polar surface area (TPSA) is 42.0 Å². The lowest BCUT2D eigenvalue weighted by atomic mass is 10.0. The monoisotopic (exact) mass is 396 g/mol. The van der Waals surface area contributed by atoms with E-state index in [9.17, 15) is 5.11 Å². The van der Waals surface area contributed by atoms with E-state index in [-0.39, 0.29) is 16.3 Å². The normalized spacial score (nSPS) is 58.0. The largest absolute Gasteiger partial charge is 0.364 e. The summed E-state index contributed by atoms with van der Waals surface area (Å²) in [4.78, 5) is 0. The van der Waals surface area contributed by atoms with Gasteiger partial charge in [-0.3, -0.25) is 0 Å².